The predicted molar refractivity (Wildman–Crippen MR) is 82.4 cm³/mol. The molecule has 0 unspecified atom stereocenters. The first-order valence-electron chi connectivity index (χ1n) is 7.16. The summed E-state index contributed by atoms with van der Waals surface area (Å²) in [6, 6.07) is 8.60. The zero-order chi connectivity index (χ0) is 14.2. The van der Waals surface area contributed by atoms with E-state index in [2.05, 4.69) is 34.5 Å². The van der Waals surface area contributed by atoms with Crippen molar-refractivity contribution in [1.82, 2.24) is 10.2 Å². The lowest BCUT2D eigenvalue weighted by Gasteiger charge is -2.28. The summed E-state index contributed by atoms with van der Waals surface area (Å²) in [4.78, 5) is 13.9. The third kappa shape index (κ3) is 4.35. The Hall–Kier alpha value is -1.87. The van der Waals surface area contributed by atoms with Gasteiger partial charge in [0.2, 0.25) is 5.91 Å². The van der Waals surface area contributed by atoms with Gasteiger partial charge in [-0.1, -0.05) is 42.5 Å². The van der Waals surface area contributed by atoms with E-state index < -0.39 is 0 Å². The van der Waals surface area contributed by atoms with Crippen molar-refractivity contribution in [3.8, 4) is 0 Å². The number of hydrogen-bond donors (Lipinski definition) is 1. The van der Waals surface area contributed by atoms with Crippen molar-refractivity contribution in [2.45, 2.75) is 19.9 Å². The highest BCUT2D eigenvalue weighted by Crippen LogP contribution is 2.17. The Morgan fingerprint density at radius 1 is 1.30 bits per heavy atom. The van der Waals surface area contributed by atoms with E-state index in [1.54, 1.807) is 12.2 Å². The van der Waals surface area contributed by atoms with E-state index in [-0.39, 0.29) is 5.91 Å². The van der Waals surface area contributed by atoms with Crippen LogP contribution in [0.1, 0.15) is 18.1 Å². The molecule has 1 N–H and O–H groups in total. The summed E-state index contributed by atoms with van der Waals surface area (Å²) in [6.45, 7) is 5.58. The van der Waals surface area contributed by atoms with Crippen LogP contribution in [0, 0.1) is 0 Å². The summed E-state index contributed by atoms with van der Waals surface area (Å²) in [5, 5.41) is 2.91. The van der Waals surface area contributed by atoms with Gasteiger partial charge in [-0.15, -0.1) is 0 Å². The highest BCUT2D eigenvalue weighted by atomic mass is 16.1. The SMILES string of the molecule is CC=CC=CC(=O)NCCN1CCc2ccccc2C1. The summed E-state index contributed by atoms with van der Waals surface area (Å²) in [6.07, 6.45) is 8.17. The van der Waals surface area contributed by atoms with Gasteiger partial charge in [-0.3, -0.25) is 9.69 Å². The van der Waals surface area contributed by atoms with Crippen LogP contribution in [0.3, 0.4) is 0 Å². The Morgan fingerprint density at radius 2 is 2.10 bits per heavy atom. The Labute approximate surface area is 121 Å². The Balaban J connectivity index is 1.72. The maximum atomic E-state index is 11.5. The molecule has 20 heavy (non-hydrogen) atoms. The molecule has 106 valence electrons. The second-order valence-corrected chi connectivity index (χ2v) is 4.97. The molecular weight excluding hydrogens is 248 g/mol. The van der Waals surface area contributed by atoms with Gasteiger partial charge in [0.05, 0.1) is 0 Å². The third-order valence-electron chi connectivity index (χ3n) is 3.49. The van der Waals surface area contributed by atoms with E-state index in [0.29, 0.717) is 6.54 Å². The molecule has 1 aliphatic heterocycles. The van der Waals surface area contributed by atoms with Gasteiger partial charge in [-0.2, -0.15) is 0 Å². The van der Waals surface area contributed by atoms with Gasteiger partial charge in [0.15, 0.2) is 0 Å². The molecule has 0 aromatic heterocycles. The molecule has 0 spiro atoms. The molecule has 0 fully saturated rings. The largest absolute Gasteiger partial charge is 0.351 e. The number of hydrogen-bond acceptors (Lipinski definition) is 2. The Morgan fingerprint density at radius 3 is 2.90 bits per heavy atom. The van der Waals surface area contributed by atoms with Gasteiger partial charge < -0.3 is 5.32 Å². The molecule has 0 bridgehead atoms. The van der Waals surface area contributed by atoms with Crippen LogP contribution in [0.5, 0.6) is 0 Å². The minimum absolute atomic E-state index is 0.0273. The minimum atomic E-state index is -0.0273. The fourth-order valence-corrected chi connectivity index (χ4v) is 2.40. The van der Waals surface area contributed by atoms with Crippen molar-refractivity contribution in [3.63, 3.8) is 0 Å². The van der Waals surface area contributed by atoms with Crippen LogP contribution in [-0.2, 0) is 17.8 Å². The summed E-state index contributed by atoms with van der Waals surface area (Å²) in [5.74, 6) is -0.0273. The average molecular weight is 270 g/mol. The predicted octanol–water partition coefficient (Wildman–Crippen LogP) is 2.29. The van der Waals surface area contributed by atoms with Crippen molar-refractivity contribution in [1.29, 1.82) is 0 Å². The van der Waals surface area contributed by atoms with Crippen molar-refractivity contribution in [2.24, 2.45) is 0 Å². The van der Waals surface area contributed by atoms with Crippen LogP contribution in [0.2, 0.25) is 0 Å². The summed E-state index contributed by atoms with van der Waals surface area (Å²) in [7, 11) is 0. The minimum Gasteiger partial charge on any atom is -0.351 e. The smallest absolute Gasteiger partial charge is 0.244 e. The first kappa shape index (κ1) is 14.5. The van der Waals surface area contributed by atoms with E-state index in [1.165, 1.54) is 11.1 Å². The average Bonchev–Trinajstić information content (AvgIpc) is 2.47. The number of allylic oxidation sites excluding steroid dienone is 3. The zero-order valence-electron chi connectivity index (χ0n) is 12.0. The molecule has 2 rings (SSSR count). The summed E-state index contributed by atoms with van der Waals surface area (Å²) >= 11 is 0. The molecule has 3 heteroatoms. The molecule has 3 nitrogen and oxygen atoms in total. The topological polar surface area (TPSA) is 32.3 Å². The van der Waals surface area contributed by atoms with Crippen LogP contribution in [-0.4, -0.2) is 30.4 Å². The number of nitrogens with zero attached hydrogens (tertiary/aromatic N) is 1. The van der Waals surface area contributed by atoms with Crippen LogP contribution >= 0.6 is 0 Å². The molecule has 1 amide bonds. The van der Waals surface area contributed by atoms with Gasteiger partial charge in [0.25, 0.3) is 0 Å². The molecule has 1 aromatic rings. The molecule has 0 saturated heterocycles. The number of carbonyl (C=O) groups is 1. The summed E-state index contributed by atoms with van der Waals surface area (Å²) < 4.78 is 0. The lowest BCUT2D eigenvalue weighted by atomic mass is 10.00. The number of benzene rings is 1. The van der Waals surface area contributed by atoms with E-state index >= 15 is 0 Å². The van der Waals surface area contributed by atoms with Gasteiger partial charge in [0.1, 0.15) is 0 Å². The molecule has 0 saturated carbocycles. The molecule has 1 aromatic carbocycles. The van der Waals surface area contributed by atoms with E-state index in [4.69, 9.17) is 0 Å². The van der Waals surface area contributed by atoms with Gasteiger partial charge in [0, 0.05) is 32.3 Å². The second-order valence-electron chi connectivity index (χ2n) is 4.97. The number of fused-ring (bicyclic) bond motifs is 1. The lowest BCUT2D eigenvalue weighted by molar-refractivity contribution is -0.116. The van der Waals surface area contributed by atoms with Crippen LogP contribution in [0.25, 0.3) is 0 Å². The number of amides is 1. The fourth-order valence-electron chi connectivity index (χ4n) is 2.40. The first-order valence-corrected chi connectivity index (χ1v) is 7.16. The highest BCUT2D eigenvalue weighted by Gasteiger charge is 2.14. The first-order chi connectivity index (χ1) is 9.79. The number of rotatable bonds is 5. The molecule has 0 atom stereocenters. The third-order valence-corrected chi connectivity index (χ3v) is 3.49. The van der Waals surface area contributed by atoms with Crippen LogP contribution < -0.4 is 5.32 Å². The van der Waals surface area contributed by atoms with E-state index in [1.807, 2.05) is 19.1 Å². The molecule has 0 aliphatic carbocycles. The molecule has 1 aliphatic rings. The maximum Gasteiger partial charge on any atom is 0.244 e. The van der Waals surface area contributed by atoms with E-state index in [0.717, 1.165) is 26.1 Å². The van der Waals surface area contributed by atoms with Crippen LogP contribution in [0.15, 0.2) is 48.6 Å². The number of nitrogens with one attached hydrogen (secondary N) is 1. The zero-order valence-corrected chi connectivity index (χ0v) is 12.0. The lowest BCUT2D eigenvalue weighted by Crippen LogP contribution is -2.37. The summed E-state index contributed by atoms with van der Waals surface area (Å²) in [5.41, 5.74) is 2.88. The van der Waals surface area contributed by atoms with Crippen molar-refractivity contribution in [2.75, 3.05) is 19.6 Å². The second kappa shape index (κ2) is 7.65. The molecular formula is C17H22N2O. The van der Waals surface area contributed by atoms with Gasteiger partial charge >= 0.3 is 0 Å². The Bertz CT molecular complexity index is 505. The quantitative estimate of drug-likeness (QED) is 0.657. The van der Waals surface area contributed by atoms with Crippen molar-refractivity contribution in [3.05, 3.63) is 59.7 Å². The standard InChI is InChI=1S/C17H22N2O/c1-2-3-4-9-17(20)18-11-13-19-12-10-15-7-5-6-8-16(15)14-19/h2-9H,10-14H2,1H3,(H,18,20). The van der Waals surface area contributed by atoms with Crippen molar-refractivity contribution >= 4 is 5.91 Å². The maximum absolute atomic E-state index is 11.5. The fraction of sp³-hybridized carbons (Fsp3) is 0.353. The molecule has 1 heterocycles. The Kier molecular flexibility index (Phi) is 5.56. The monoisotopic (exact) mass is 270 g/mol. The number of carbonyl (C=O) groups excluding carboxylic acids is 1. The van der Waals surface area contributed by atoms with Crippen LogP contribution in [0.4, 0.5) is 0 Å². The van der Waals surface area contributed by atoms with Gasteiger partial charge in [-0.25, -0.2) is 0 Å². The molecule has 0 radical (unpaired) electrons. The highest BCUT2D eigenvalue weighted by molar-refractivity contribution is 5.87. The van der Waals surface area contributed by atoms with E-state index in [9.17, 15) is 4.79 Å². The normalized spacial score (nSPS) is 15.7. The van der Waals surface area contributed by atoms with Gasteiger partial charge in [-0.05, 0) is 24.5 Å². The van der Waals surface area contributed by atoms with Crippen molar-refractivity contribution < 1.29 is 4.79 Å².